The molecule has 0 radical (unpaired) electrons. The Kier molecular flexibility index (Phi) is 4.53. The van der Waals surface area contributed by atoms with Gasteiger partial charge in [-0.15, -0.1) is 0 Å². The van der Waals surface area contributed by atoms with Crippen LogP contribution in [0.5, 0.6) is 0 Å². The van der Waals surface area contributed by atoms with Crippen LogP contribution in [0, 0.1) is 41.5 Å². The highest BCUT2D eigenvalue weighted by Crippen LogP contribution is 2.32. The van der Waals surface area contributed by atoms with Crippen molar-refractivity contribution in [1.82, 2.24) is 5.32 Å². The molecule has 0 heterocycles. The molecule has 0 bridgehead atoms. The zero-order valence-corrected chi connectivity index (χ0v) is 14.4. The molecule has 112 valence electrons. The molecule has 21 heavy (non-hydrogen) atoms. The Morgan fingerprint density at radius 3 is 1.62 bits per heavy atom. The topological polar surface area (TPSA) is 12.0 Å². The fourth-order valence-corrected chi connectivity index (χ4v) is 3.33. The predicted octanol–water partition coefficient (Wildman–Crippen LogP) is 4.85. The minimum absolute atomic E-state index is 0.252. The van der Waals surface area contributed by atoms with E-state index in [1.54, 1.807) is 0 Å². The Labute approximate surface area is 129 Å². The van der Waals surface area contributed by atoms with Gasteiger partial charge in [0.05, 0.1) is 6.04 Å². The summed E-state index contributed by atoms with van der Waals surface area (Å²) in [6.45, 7) is 13.2. The Morgan fingerprint density at radius 2 is 1.19 bits per heavy atom. The maximum absolute atomic E-state index is 3.53. The second kappa shape index (κ2) is 6.03. The highest BCUT2D eigenvalue weighted by atomic mass is 14.9. The number of rotatable bonds is 3. The van der Waals surface area contributed by atoms with Gasteiger partial charge < -0.3 is 5.32 Å². The summed E-state index contributed by atoms with van der Waals surface area (Å²) in [6.07, 6.45) is 0. The third-order valence-electron chi connectivity index (χ3n) is 4.58. The van der Waals surface area contributed by atoms with Gasteiger partial charge in [0, 0.05) is 0 Å². The minimum atomic E-state index is 0.252. The van der Waals surface area contributed by atoms with Crippen molar-refractivity contribution < 1.29 is 0 Å². The first-order chi connectivity index (χ1) is 9.85. The monoisotopic (exact) mass is 281 g/mol. The van der Waals surface area contributed by atoms with Gasteiger partial charge in [0.2, 0.25) is 0 Å². The van der Waals surface area contributed by atoms with Gasteiger partial charge in [0.25, 0.3) is 0 Å². The molecular weight excluding hydrogens is 254 g/mol. The van der Waals surface area contributed by atoms with Crippen molar-refractivity contribution in [1.29, 1.82) is 0 Å². The molecule has 0 aliphatic carbocycles. The summed E-state index contributed by atoms with van der Waals surface area (Å²) in [5, 5.41) is 3.53. The van der Waals surface area contributed by atoms with Gasteiger partial charge in [-0.2, -0.15) is 0 Å². The number of hydrogen-bond acceptors (Lipinski definition) is 1. The van der Waals surface area contributed by atoms with Crippen molar-refractivity contribution in [2.24, 2.45) is 0 Å². The van der Waals surface area contributed by atoms with Crippen LogP contribution in [0.4, 0.5) is 0 Å². The van der Waals surface area contributed by atoms with E-state index in [4.69, 9.17) is 0 Å². The maximum atomic E-state index is 3.53. The zero-order valence-electron chi connectivity index (χ0n) is 14.4. The molecule has 0 fully saturated rings. The van der Waals surface area contributed by atoms with E-state index in [0.29, 0.717) is 0 Å². The Hall–Kier alpha value is -1.60. The lowest BCUT2D eigenvalue weighted by Gasteiger charge is -2.25. The van der Waals surface area contributed by atoms with Gasteiger partial charge in [0.1, 0.15) is 0 Å². The van der Waals surface area contributed by atoms with Crippen LogP contribution in [-0.4, -0.2) is 7.05 Å². The van der Waals surface area contributed by atoms with Gasteiger partial charge >= 0.3 is 0 Å². The van der Waals surface area contributed by atoms with Crippen LogP contribution in [0.15, 0.2) is 24.3 Å². The van der Waals surface area contributed by atoms with Gasteiger partial charge in [0.15, 0.2) is 0 Å². The Morgan fingerprint density at radius 1 is 0.714 bits per heavy atom. The Balaban J connectivity index is 2.67. The van der Waals surface area contributed by atoms with Crippen molar-refractivity contribution in [3.05, 3.63) is 68.8 Å². The number of aryl methyl sites for hydroxylation is 4. The van der Waals surface area contributed by atoms with Crippen molar-refractivity contribution >= 4 is 0 Å². The average Bonchev–Trinajstić information content (AvgIpc) is 2.40. The fourth-order valence-electron chi connectivity index (χ4n) is 3.33. The van der Waals surface area contributed by atoms with Crippen molar-refractivity contribution in [3.8, 4) is 0 Å². The molecule has 0 aliphatic heterocycles. The lowest BCUT2D eigenvalue weighted by atomic mass is 9.86. The second-order valence-corrected chi connectivity index (χ2v) is 6.32. The first kappa shape index (κ1) is 15.8. The fraction of sp³-hybridized carbons (Fsp3) is 0.400. The summed E-state index contributed by atoms with van der Waals surface area (Å²) < 4.78 is 0. The SMILES string of the molecule is CNC(c1cc(C)cc(C)c1)c1c(C)c(C)cc(C)c1C. The molecule has 1 N–H and O–H groups in total. The molecule has 1 unspecified atom stereocenters. The molecule has 0 aliphatic rings. The molecule has 1 atom stereocenters. The van der Waals surface area contributed by atoms with Crippen molar-refractivity contribution in [2.75, 3.05) is 7.05 Å². The van der Waals surface area contributed by atoms with Gasteiger partial charge in [-0.25, -0.2) is 0 Å². The highest BCUT2D eigenvalue weighted by molar-refractivity contribution is 5.49. The third kappa shape index (κ3) is 3.03. The van der Waals surface area contributed by atoms with Crippen molar-refractivity contribution in [2.45, 2.75) is 47.6 Å². The average molecular weight is 281 g/mol. The first-order valence-corrected chi connectivity index (χ1v) is 7.68. The molecule has 2 aromatic rings. The van der Waals surface area contributed by atoms with Gasteiger partial charge in [-0.3, -0.25) is 0 Å². The van der Waals surface area contributed by atoms with Crippen LogP contribution in [0.3, 0.4) is 0 Å². The normalized spacial score (nSPS) is 12.5. The van der Waals surface area contributed by atoms with Crippen LogP contribution in [-0.2, 0) is 0 Å². The van der Waals surface area contributed by atoms with E-state index >= 15 is 0 Å². The van der Waals surface area contributed by atoms with Gasteiger partial charge in [-0.1, -0.05) is 35.4 Å². The van der Waals surface area contributed by atoms with E-state index in [1.807, 2.05) is 0 Å². The summed E-state index contributed by atoms with van der Waals surface area (Å²) in [7, 11) is 2.05. The van der Waals surface area contributed by atoms with Crippen molar-refractivity contribution in [3.63, 3.8) is 0 Å². The second-order valence-electron chi connectivity index (χ2n) is 6.32. The molecule has 1 heteroatoms. The Bertz CT molecular complexity index is 622. The smallest absolute Gasteiger partial charge is 0.0579 e. The van der Waals surface area contributed by atoms with E-state index in [1.165, 1.54) is 44.5 Å². The van der Waals surface area contributed by atoms with Crippen LogP contribution in [0.2, 0.25) is 0 Å². The molecule has 0 amide bonds. The summed E-state index contributed by atoms with van der Waals surface area (Å²) in [5.74, 6) is 0. The van der Waals surface area contributed by atoms with E-state index in [2.05, 4.69) is 78.2 Å². The minimum Gasteiger partial charge on any atom is -0.309 e. The number of nitrogens with one attached hydrogen (secondary N) is 1. The van der Waals surface area contributed by atoms with Crippen LogP contribution in [0.25, 0.3) is 0 Å². The summed E-state index contributed by atoms with van der Waals surface area (Å²) in [5.41, 5.74) is 11.0. The van der Waals surface area contributed by atoms with Crippen LogP contribution in [0.1, 0.15) is 50.5 Å². The van der Waals surface area contributed by atoms with E-state index in [0.717, 1.165) is 0 Å². The van der Waals surface area contributed by atoms with Crippen LogP contribution < -0.4 is 5.32 Å². The molecule has 2 rings (SSSR count). The van der Waals surface area contributed by atoms with E-state index < -0.39 is 0 Å². The third-order valence-corrected chi connectivity index (χ3v) is 4.58. The molecule has 0 spiro atoms. The number of hydrogen-bond donors (Lipinski definition) is 1. The van der Waals surface area contributed by atoms with E-state index in [9.17, 15) is 0 Å². The summed E-state index contributed by atoms with van der Waals surface area (Å²) >= 11 is 0. The van der Waals surface area contributed by atoms with E-state index in [-0.39, 0.29) is 6.04 Å². The molecule has 0 saturated heterocycles. The summed E-state index contributed by atoms with van der Waals surface area (Å²) in [4.78, 5) is 0. The molecule has 2 aromatic carbocycles. The molecule has 1 nitrogen and oxygen atoms in total. The standard InChI is InChI=1S/C20H27N/c1-12-8-13(2)10-18(9-12)20(21-7)19-16(5)14(3)11-15(4)17(19)6/h8-11,20-21H,1-7H3. The van der Waals surface area contributed by atoms with Crippen LogP contribution >= 0.6 is 0 Å². The quantitative estimate of drug-likeness (QED) is 0.848. The van der Waals surface area contributed by atoms with Gasteiger partial charge in [-0.05, 0) is 82.0 Å². The molecular formula is C20H27N. The number of benzene rings is 2. The highest BCUT2D eigenvalue weighted by Gasteiger charge is 2.19. The first-order valence-electron chi connectivity index (χ1n) is 7.68. The largest absolute Gasteiger partial charge is 0.309 e. The zero-order chi connectivity index (χ0) is 15.7. The molecule has 0 saturated carbocycles. The maximum Gasteiger partial charge on any atom is 0.0579 e. The summed E-state index contributed by atoms with van der Waals surface area (Å²) in [6, 6.07) is 9.37. The lowest BCUT2D eigenvalue weighted by Crippen LogP contribution is -2.21. The predicted molar refractivity (Wildman–Crippen MR) is 92.2 cm³/mol. The molecule has 0 aromatic heterocycles. The lowest BCUT2D eigenvalue weighted by molar-refractivity contribution is 0.680.